The predicted molar refractivity (Wildman–Crippen MR) is 161 cm³/mol. The number of rotatable bonds is 6. The zero-order chi connectivity index (χ0) is 31.6. The summed E-state index contributed by atoms with van der Waals surface area (Å²) >= 11 is 0. The van der Waals surface area contributed by atoms with Gasteiger partial charge in [0.05, 0.1) is 25.3 Å². The molecule has 2 amide bonds. The lowest BCUT2D eigenvalue weighted by Crippen LogP contribution is -2.41. The number of aliphatic imine (C=N–C) groups is 2. The molecule has 4 rings (SSSR count). The zero-order valence-corrected chi connectivity index (χ0v) is 26.0. The van der Waals surface area contributed by atoms with Crippen LogP contribution in [0.4, 0.5) is 0 Å². The van der Waals surface area contributed by atoms with Crippen molar-refractivity contribution in [3.8, 4) is 0 Å². The average Bonchev–Trinajstić information content (AvgIpc) is 3.43. The van der Waals surface area contributed by atoms with Gasteiger partial charge < -0.3 is 20.1 Å². The van der Waals surface area contributed by atoms with E-state index in [4.69, 9.17) is 9.47 Å². The van der Waals surface area contributed by atoms with Crippen molar-refractivity contribution in [2.45, 2.75) is 66.5 Å². The molecular formula is C32H40N4O6. The summed E-state index contributed by atoms with van der Waals surface area (Å²) in [5.41, 5.74) is 2.29. The van der Waals surface area contributed by atoms with Crippen molar-refractivity contribution in [3.63, 3.8) is 0 Å². The molecule has 10 heteroatoms. The summed E-state index contributed by atoms with van der Waals surface area (Å²) in [6, 6.07) is 10.7. The molecule has 2 aliphatic heterocycles. The molecule has 2 aromatic carbocycles. The summed E-state index contributed by atoms with van der Waals surface area (Å²) in [6.07, 6.45) is 0. The van der Waals surface area contributed by atoms with E-state index in [1.165, 1.54) is 14.2 Å². The first-order chi connectivity index (χ1) is 19.6. The largest absolute Gasteiger partial charge is 0.465 e. The van der Waals surface area contributed by atoms with Crippen LogP contribution in [0, 0.1) is 25.7 Å². The van der Waals surface area contributed by atoms with Gasteiger partial charge in [-0.15, -0.1) is 0 Å². The first-order valence-corrected chi connectivity index (χ1v) is 13.8. The maximum absolute atomic E-state index is 12.2. The highest BCUT2D eigenvalue weighted by Gasteiger charge is 2.43. The third-order valence-corrected chi connectivity index (χ3v) is 7.99. The number of hydrogen-bond acceptors (Lipinski definition) is 8. The molecule has 42 heavy (non-hydrogen) atoms. The van der Waals surface area contributed by atoms with Gasteiger partial charge in [-0.1, -0.05) is 57.0 Å². The Morgan fingerprint density at radius 3 is 1.57 bits per heavy atom. The van der Waals surface area contributed by atoms with Gasteiger partial charge in [-0.3, -0.25) is 19.6 Å². The molecule has 10 nitrogen and oxygen atoms in total. The minimum absolute atomic E-state index is 0.0568. The first kappa shape index (κ1) is 32.2. The van der Waals surface area contributed by atoms with Crippen LogP contribution in [0.1, 0.15) is 84.5 Å². The van der Waals surface area contributed by atoms with Crippen molar-refractivity contribution in [1.29, 1.82) is 0 Å². The van der Waals surface area contributed by atoms with Crippen molar-refractivity contribution in [2.24, 2.45) is 21.8 Å². The Bertz CT molecular complexity index is 1490. The highest BCUT2D eigenvalue weighted by atomic mass is 16.5. The lowest BCUT2D eigenvalue weighted by atomic mass is 9.89. The molecule has 0 spiro atoms. The standard InChI is InChI=1S/2C16H20N2O3/c1-9(2)16(4)15(20)17-13(18-16)12-8-10(3)6-7-11(12)14(19)21-5;1-9(2)16(4)15(20)17-13(18-16)11-7-6-10(3)8-12(11)14(19)21-5/h2*6-9H,1-5H3,(H,17,18,20). The second-order valence-corrected chi connectivity index (χ2v) is 11.5. The summed E-state index contributed by atoms with van der Waals surface area (Å²) in [7, 11) is 2.67. The molecule has 2 atom stereocenters. The van der Waals surface area contributed by atoms with Crippen LogP contribution < -0.4 is 10.6 Å². The van der Waals surface area contributed by atoms with Gasteiger partial charge in [0.1, 0.15) is 22.7 Å². The second kappa shape index (κ2) is 12.3. The van der Waals surface area contributed by atoms with Gasteiger partial charge in [0.2, 0.25) is 0 Å². The molecule has 2 aliphatic rings. The van der Waals surface area contributed by atoms with Crippen LogP contribution in [0.2, 0.25) is 0 Å². The summed E-state index contributed by atoms with van der Waals surface area (Å²) in [6.45, 7) is 15.2. The average molecular weight is 577 g/mol. The van der Waals surface area contributed by atoms with Gasteiger partial charge >= 0.3 is 11.9 Å². The second-order valence-electron chi connectivity index (χ2n) is 11.5. The fraction of sp³-hybridized carbons (Fsp3) is 0.438. The number of benzene rings is 2. The van der Waals surface area contributed by atoms with E-state index in [0.717, 1.165) is 11.1 Å². The molecule has 0 bridgehead atoms. The third-order valence-electron chi connectivity index (χ3n) is 7.99. The van der Waals surface area contributed by atoms with E-state index >= 15 is 0 Å². The molecule has 0 aromatic heterocycles. The maximum atomic E-state index is 12.2. The topological polar surface area (TPSA) is 136 Å². The molecule has 2 N–H and O–H groups in total. The van der Waals surface area contributed by atoms with Crippen molar-refractivity contribution in [2.75, 3.05) is 14.2 Å². The molecule has 0 saturated carbocycles. The fourth-order valence-electron chi connectivity index (χ4n) is 4.41. The molecule has 2 aromatic rings. The number of amidine groups is 2. The van der Waals surface area contributed by atoms with E-state index in [1.54, 1.807) is 32.0 Å². The lowest BCUT2D eigenvalue weighted by molar-refractivity contribution is -0.125. The summed E-state index contributed by atoms with van der Waals surface area (Å²) in [5, 5.41) is 5.58. The summed E-state index contributed by atoms with van der Waals surface area (Å²) in [4.78, 5) is 57.3. The van der Waals surface area contributed by atoms with E-state index in [-0.39, 0.29) is 23.7 Å². The smallest absolute Gasteiger partial charge is 0.338 e. The van der Waals surface area contributed by atoms with Crippen LogP contribution in [-0.4, -0.2) is 60.7 Å². The van der Waals surface area contributed by atoms with Crippen LogP contribution in [0.25, 0.3) is 0 Å². The predicted octanol–water partition coefficient (Wildman–Crippen LogP) is 4.15. The van der Waals surface area contributed by atoms with Gasteiger partial charge in [-0.25, -0.2) is 9.59 Å². The Morgan fingerprint density at radius 2 is 1.12 bits per heavy atom. The Hall–Kier alpha value is -4.34. The van der Waals surface area contributed by atoms with Crippen LogP contribution in [0.3, 0.4) is 0 Å². The number of esters is 2. The zero-order valence-electron chi connectivity index (χ0n) is 26.0. The number of amides is 2. The van der Waals surface area contributed by atoms with Crippen LogP contribution in [0.5, 0.6) is 0 Å². The third kappa shape index (κ3) is 6.12. The van der Waals surface area contributed by atoms with Gasteiger partial charge in [-0.05, 0) is 57.7 Å². The fourth-order valence-corrected chi connectivity index (χ4v) is 4.41. The number of hydrogen-bond donors (Lipinski definition) is 2. The number of aryl methyl sites for hydroxylation is 2. The quantitative estimate of drug-likeness (QED) is 0.496. The maximum Gasteiger partial charge on any atom is 0.338 e. The minimum Gasteiger partial charge on any atom is -0.465 e. The van der Waals surface area contributed by atoms with Crippen LogP contribution in [0.15, 0.2) is 46.4 Å². The van der Waals surface area contributed by atoms with E-state index in [2.05, 4.69) is 20.6 Å². The summed E-state index contributed by atoms with van der Waals surface area (Å²) in [5.74, 6) is -0.210. The number of carbonyl (C=O) groups excluding carboxylic acids is 4. The SMILES string of the molecule is COC(=O)c1cc(C)ccc1C1=NC(C)(C(C)C)C(=O)N1.COC(=O)c1ccc(C)cc1C1=NC(C)(C(C)C)C(=O)N1. The number of carbonyl (C=O) groups is 4. The lowest BCUT2D eigenvalue weighted by Gasteiger charge is -2.21. The monoisotopic (exact) mass is 576 g/mol. The van der Waals surface area contributed by atoms with Gasteiger partial charge in [-0.2, -0.15) is 0 Å². The summed E-state index contributed by atoms with van der Waals surface area (Å²) < 4.78 is 9.61. The van der Waals surface area contributed by atoms with E-state index in [9.17, 15) is 19.2 Å². The Morgan fingerprint density at radius 1 is 0.690 bits per heavy atom. The minimum atomic E-state index is -0.813. The number of methoxy groups -OCH3 is 2. The van der Waals surface area contributed by atoms with E-state index < -0.39 is 23.0 Å². The Balaban J connectivity index is 0.000000230. The van der Waals surface area contributed by atoms with E-state index in [1.807, 2.05) is 59.7 Å². The molecule has 224 valence electrons. The van der Waals surface area contributed by atoms with Crippen molar-refractivity contribution in [1.82, 2.24) is 10.6 Å². The van der Waals surface area contributed by atoms with E-state index in [0.29, 0.717) is 33.9 Å². The highest BCUT2D eigenvalue weighted by Crippen LogP contribution is 2.29. The molecule has 0 aliphatic carbocycles. The molecule has 2 unspecified atom stereocenters. The Kier molecular flexibility index (Phi) is 9.39. The molecular weight excluding hydrogens is 536 g/mol. The number of nitrogens with zero attached hydrogens (tertiary/aromatic N) is 2. The van der Waals surface area contributed by atoms with Crippen LogP contribution in [-0.2, 0) is 19.1 Å². The normalized spacial score (nSPS) is 21.2. The molecule has 0 saturated heterocycles. The van der Waals surface area contributed by atoms with Gasteiger partial charge in [0.15, 0.2) is 0 Å². The van der Waals surface area contributed by atoms with Gasteiger partial charge in [0, 0.05) is 11.1 Å². The molecule has 0 radical (unpaired) electrons. The highest BCUT2D eigenvalue weighted by molar-refractivity contribution is 6.19. The van der Waals surface area contributed by atoms with Crippen molar-refractivity contribution in [3.05, 3.63) is 69.8 Å². The van der Waals surface area contributed by atoms with Gasteiger partial charge in [0.25, 0.3) is 11.8 Å². The first-order valence-electron chi connectivity index (χ1n) is 13.8. The number of nitrogens with one attached hydrogen (secondary N) is 2. The van der Waals surface area contributed by atoms with Crippen molar-refractivity contribution < 1.29 is 28.7 Å². The molecule has 0 fully saturated rings. The number of ether oxygens (including phenoxy) is 2. The van der Waals surface area contributed by atoms with Crippen molar-refractivity contribution >= 4 is 35.4 Å². The molecule has 2 heterocycles. The van der Waals surface area contributed by atoms with Crippen LogP contribution >= 0.6 is 0 Å². The Labute approximate surface area is 247 Å².